The van der Waals surface area contributed by atoms with Crippen LogP contribution in [0, 0.1) is 5.82 Å². The SMILES string of the molecule is CN(C)C1(CNC(=O)Cc2ccc(F)cc2)CCOCC1. The summed E-state index contributed by atoms with van der Waals surface area (Å²) in [5, 5.41) is 3.01. The average molecular weight is 294 g/mol. The lowest BCUT2D eigenvalue weighted by atomic mass is 9.88. The van der Waals surface area contributed by atoms with Gasteiger partial charge in [-0.25, -0.2) is 4.39 Å². The summed E-state index contributed by atoms with van der Waals surface area (Å²) in [4.78, 5) is 14.2. The van der Waals surface area contributed by atoms with E-state index in [0.29, 0.717) is 6.54 Å². The van der Waals surface area contributed by atoms with E-state index in [2.05, 4.69) is 10.2 Å². The zero-order valence-corrected chi connectivity index (χ0v) is 12.7. The number of nitrogens with zero attached hydrogens (tertiary/aromatic N) is 1. The fourth-order valence-corrected chi connectivity index (χ4v) is 2.65. The van der Waals surface area contributed by atoms with Crippen LogP contribution in [0.2, 0.25) is 0 Å². The van der Waals surface area contributed by atoms with Crippen LogP contribution in [-0.2, 0) is 16.0 Å². The molecule has 0 aliphatic carbocycles. The molecule has 116 valence electrons. The molecule has 1 aliphatic rings. The van der Waals surface area contributed by atoms with Crippen LogP contribution < -0.4 is 5.32 Å². The van der Waals surface area contributed by atoms with Gasteiger partial charge in [0.05, 0.1) is 6.42 Å². The highest BCUT2D eigenvalue weighted by atomic mass is 19.1. The molecule has 1 aliphatic heterocycles. The van der Waals surface area contributed by atoms with Crippen molar-refractivity contribution in [3.63, 3.8) is 0 Å². The molecule has 4 nitrogen and oxygen atoms in total. The van der Waals surface area contributed by atoms with E-state index < -0.39 is 0 Å². The lowest BCUT2D eigenvalue weighted by molar-refractivity contribution is -0.121. The number of hydrogen-bond acceptors (Lipinski definition) is 3. The second-order valence-electron chi connectivity index (χ2n) is 5.81. The Hall–Kier alpha value is -1.46. The molecule has 0 spiro atoms. The van der Waals surface area contributed by atoms with Gasteiger partial charge in [0.2, 0.25) is 5.91 Å². The summed E-state index contributed by atoms with van der Waals surface area (Å²) in [7, 11) is 4.08. The van der Waals surface area contributed by atoms with Gasteiger partial charge in [0.1, 0.15) is 5.82 Å². The van der Waals surface area contributed by atoms with Crippen LogP contribution in [-0.4, -0.2) is 50.2 Å². The number of carbonyl (C=O) groups is 1. The zero-order valence-electron chi connectivity index (χ0n) is 12.7. The molecule has 2 rings (SSSR count). The van der Waals surface area contributed by atoms with Gasteiger partial charge in [-0.15, -0.1) is 0 Å². The molecule has 0 radical (unpaired) electrons. The highest BCUT2D eigenvalue weighted by molar-refractivity contribution is 5.78. The summed E-state index contributed by atoms with van der Waals surface area (Å²) in [6.07, 6.45) is 2.11. The third-order valence-corrected chi connectivity index (χ3v) is 4.26. The number of amides is 1. The summed E-state index contributed by atoms with van der Waals surface area (Å²) >= 11 is 0. The first-order valence-corrected chi connectivity index (χ1v) is 7.28. The number of nitrogens with one attached hydrogen (secondary N) is 1. The maximum atomic E-state index is 12.8. The number of likely N-dealkylation sites (N-methyl/N-ethyl adjacent to an activating group) is 1. The fourth-order valence-electron chi connectivity index (χ4n) is 2.65. The van der Waals surface area contributed by atoms with Crippen molar-refractivity contribution in [1.82, 2.24) is 10.2 Å². The van der Waals surface area contributed by atoms with Crippen molar-refractivity contribution in [1.29, 1.82) is 0 Å². The number of carbonyl (C=O) groups excluding carboxylic acids is 1. The summed E-state index contributed by atoms with van der Waals surface area (Å²) < 4.78 is 18.3. The summed E-state index contributed by atoms with van der Waals surface area (Å²) in [5.74, 6) is -0.317. The molecular weight excluding hydrogens is 271 g/mol. The van der Waals surface area contributed by atoms with Crippen LogP contribution in [0.5, 0.6) is 0 Å². The number of halogens is 1. The topological polar surface area (TPSA) is 41.6 Å². The maximum absolute atomic E-state index is 12.8. The van der Waals surface area contributed by atoms with E-state index in [1.807, 2.05) is 14.1 Å². The van der Waals surface area contributed by atoms with Gasteiger partial charge in [-0.1, -0.05) is 12.1 Å². The Morgan fingerprint density at radius 2 is 1.90 bits per heavy atom. The van der Waals surface area contributed by atoms with Crippen molar-refractivity contribution in [3.05, 3.63) is 35.6 Å². The third-order valence-electron chi connectivity index (χ3n) is 4.26. The Bertz CT molecular complexity index is 468. The Balaban J connectivity index is 1.88. The van der Waals surface area contributed by atoms with Crippen molar-refractivity contribution < 1.29 is 13.9 Å². The highest BCUT2D eigenvalue weighted by Gasteiger charge is 2.34. The Morgan fingerprint density at radius 3 is 2.48 bits per heavy atom. The van der Waals surface area contributed by atoms with E-state index in [-0.39, 0.29) is 23.7 Å². The average Bonchev–Trinajstić information content (AvgIpc) is 2.48. The predicted molar refractivity (Wildman–Crippen MR) is 79.6 cm³/mol. The largest absolute Gasteiger partial charge is 0.381 e. The fraction of sp³-hybridized carbons (Fsp3) is 0.562. The lowest BCUT2D eigenvalue weighted by Gasteiger charge is -2.42. The van der Waals surface area contributed by atoms with E-state index >= 15 is 0 Å². The van der Waals surface area contributed by atoms with Gasteiger partial charge >= 0.3 is 0 Å². The van der Waals surface area contributed by atoms with Crippen LogP contribution >= 0.6 is 0 Å². The summed E-state index contributed by atoms with van der Waals surface area (Å²) in [6.45, 7) is 2.07. The van der Waals surface area contributed by atoms with Crippen LogP contribution in [0.25, 0.3) is 0 Å². The molecule has 1 amide bonds. The van der Waals surface area contributed by atoms with Gasteiger partial charge in [0.15, 0.2) is 0 Å². The second-order valence-corrected chi connectivity index (χ2v) is 5.81. The molecule has 21 heavy (non-hydrogen) atoms. The van der Waals surface area contributed by atoms with Gasteiger partial charge in [0, 0.05) is 25.3 Å². The van der Waals surface area contributed by atoms with Gasteiger partial charge < -0.3 is 15.0 Å². The minimum atomic E-state index is -0.284. The number of ether oxygens (including phenoxy) is 1. The van der Waals surface area contributed by atoms with Crippen molar-refractivity contribution in [2.45, 2.75) is 24.8 Å². The smallest absolute Gasteiger partial charge is 0.224 e. The van der Waals surface area contributed by atoms with Crippen molar-refractivity contribution in [3.8, 4) is 0 Å². The van der Waals surface area contributed by atoms with Crippen LogP contribution in [0.1, 0.15) is 18.4 Å². The normalized spacial score (nSPS) is 17.7. The van der Waals surface area contributed by atoms with Crippen molar-refractivity contribution in [2.75, 3.05) is 33.9 Å². The molecule has 0 atom stereocenters. The first kappa shape index (κ1) is 15.9. The predicted octanol–water partition coefficient (Wildman–Crippen LogP) is 1.60. The maximum Gasteiger partial charge on any atom is 0.224 e. The van der Waals surface area contributed by atoms with E-state index in [0.717, 1.165) is 31.6 Å². The number of benzene rings is 1. The number of rotatable bonds is 5. The Morgan fingerprint density at radius 1 is 1.29 bits per heavy atom. The molecular formula is C16H23FN2O2. The van der Waals surface area contributed by atoms with E-state index in [1.165, 1.54) is 12.1 Å². The van der Waals surface area contributed by atoms with Crippen LogP contribution in [0.3, 0.4) is 0 Å². The molecule has 1 aromatic rings. The second kappa shape index (κ2) is 7.00. The van der Waals surface area contributed by atoms with Gasteiger partial charge in [0.25, 0.3) is 0 Å². The molecule has 1 saturated heterocycles. The minimum Gasteiger partial charge on any atom is -0.381 e. The summed E-state index contributed by atoms with van der Waals surface area (Å²) in [5.41, 5.74) is 0.788. The molecule has 5 heteroatoms. The highest BCUT2D eigenvalue weighted by Crippen LogP contribution is 2.25. The number of hydrogen-bond donors (Lipinski definition) is 1. The molecule has 1 fully saturated rings. The molecule has 0 unspecified atom stereocenters. The molecule has 0 aromatic heterocycles. The molecule has 0 bridgehead atoms. The molecule has 1 aromatic carbocycles. The van der Waals surface area contributed by atoms with Gasteiger partial charge in [-0.05, 0) is 44.6 Å². The summed E-state index contributed by atoms with van der Waals surface area (Å²) in [6, 6.07) is 6.04. The van der Waals surface area contributed by atoms with Gasteiger partial charge in [-0.2, -0.15) is 0 Å². The first-order chi connectivity index (χ1) is 10.0. The van der Waals surface area contributed by atoms with Gasteiger partial charge in [-0.3, -0.25) is 4.79 Å². The molecule has 0 saturated carbocycles. The molecule has 1 heterocycles. The van der Waals surface area contributed by atoms with E-state index in [4.69, 9.17) is 4.74 Å². The molecule has 1 N–H and O–H groups in total. The van der Waals surface area contributed by atoms with E-state index in [9.17, 15) is 9.18 Å². The quantitative estimate of drug-likeness (QED) is 0.897. The standard InChI is InChI=1S/C16H23FN2O2/c1-19(2)16(7-9-21-10-8-16)12-18-15(20)11-13-3-5-14(17)6-4-13/h3-6H,7-12H2,1-2H3,(H,18,20). The van der Waals surface area contributed by atoms with Crippen LogP contribution in [0.4, 0.5) is 4.39 Å². The Kier molecular flexibility index (Phi) is 5.31. The van der Waals surface area contributed by atoms with Crippen molar-refractivity contribution >= 4 is 5.91 Å². The monoisotopic (exact) mass is 294 g/mol. The van der Waals surface area contributed by atoms with E-state index in [1.54, 1.807) is 12.1 Å². The lowest BCUT2D eigenvalue weighted by Crippen LogP contribution is -2.55. The van der Waals surface area contributed by atoms with Crippen molar-refractivity contribution in [2.24, 2.45) is 0 Å². The third kappa shape index (κ3) is 4.25. The zero-order chi connectivity index (χ0) is 15.3. The Labute approximate surface area is 125 Å². The first-order valence-electron chi connectivity index (χ1n) is 7.28. The van der Waals surface area contributed by atoms with Crippen LogP contribution in [0.15, 0.2) is 24.3 Å². The minimum absolute atomic E-state index is 0.0310.